The van der Waals surface area contributed by atoms with Gasteiger partial charge in [-0.05, 0) is 17.4 Å². The van der Waals surface area contributed by atoms with E-state index in [2.05, 4.69) is 69.1 Å². The fraction of sp³-hybridized carbons (Fsp3) is 0.500. The summed E-state index contributed by atoms with van der Waals surface area (Å²) in [6, 6.07) is 10.5. The summed E-state index contributed by atoms with van der Waals surface area (Å²) in [7, 11) is 1.87. The lowest BCUT2D eigenvalue weighted by atomic mass is 9.93. The zero-order chi connectivity index (χ0) is 17.7. The molecule has 1 fully saturated rings. The van der Waals surface area contributed by atoms with Gasteiger partial charge in [0.2, 0.25) is 0 Å². The van der Waals surface area contributed by atoms with Gasteiger partial charge in [-0.15, -0.1) is 0 Å². The van der Waals surface area contributed by atoms with Crippen molar-refractivity contribution in [3.63, 3.8) is 0 Å². The molecule has 0 spiro atoms. The van der Waals surface area contributed by atoms with Crippen LogP contribution in [-0.2, 0) is 13.0 Å². The molecule has 0 atom stereocenters. The monoisotopic (exact) mass is 339 g/mol. The molecule has 1 aromatic heterocycles. The molecule has 3 rings (SSSR count). The van der Waals surface area contributed by atoms with Gasteiger partial charge >= 0.3 is 0 Å². The average molecular weight is 339 g/mol. The number of aromatic nitrogens is 2. The Morgan fingerprint density at radius 2 is 2.08 bits per heavy atom. The minimum Gasteiger partial charge on any atom is -0.356 e. The van der Waals surface area contributed by atoms with Crippen LogP contribution in [-0.4, -0.2) is 47.1 Å². The van der Waals surface area contributed by atoms with Crippen molar-refractivity contribution in [2.45, 2.75) is 33.2 Å². The largest absolute Gasteiger partial charge is 0.356 e. The van der Waals surface area contributed by atoms with Crippen molar-refractivity contribution >= 4 is 5.96 Å². The first kappa shape index (κ1) is 17.5. The molecule has 2 heterocycles. The van der Waals surface area contributed by atoms with Gasteiger partial charge in [0.1, 0.15) is 5.82 Å². The third-order valence-electron chi connectivity index (χ3n) is 4.82. The van der Waals surface area contributed by atoms with E-state index in [4.69, 9.17) is 0 Å². The van der Waals surface area contributed by atoms with Gasteiger partial charge in [-0.1, -0.05) is 44.2 Å². The third kappa shape index (κ3) is 4.62. The van der Waals surface area contributed by atoms with Gasteiger partial charge in [0.25, 0.3) is 0 Å². The molecule has 134 valence electrons. The predicted molar refractivity (Wildman–Crippen MR) is 103 cm³/mol. The summed E-state index contributed by atoms with van der Waals surface area (Å²) in [5.41, 5.74) is 1.67. The molecule has 5 heteroatoms. The Labute approximate surface area is 150 Å². The Kier molecular flexibility index (Phi) is 5.41. The number of nitrogens with one attached hydrogen (secondary N) is 1. The van der Waals surface area contributed by atoms with Crippen LogP contribution in [0.15, 0.2) is 47.7 Å². The molecule has 0 bridgehead atoms. The summed E-state index contributed by atoms with van der Waals surface area (Å²) in [4.78, 5) is 11.3. The molecule has 5 nitrogen and oxygen atoms in total. The van der Waals surface area contributed by atoms with Crippen LogP contribution in [0.25, 0.3) is 0 Å². The smallest absolute Gasteiger partial charge is 0.193 e. The summed E-state index contributed by atoms with van der Waals surface area (Å²) < 4.78 is 2.22. The number of nitrogens with zero attached hydrogens (tertiary/aromatic N) is 4. The van der Waals surface area contributed by atoms with Crippen LogP contribution < -0.4 is 5.32 Å². The van der Waals surface area contributed by atoms with Crippen LogP contribution in [0.5, 0.6) is 0 Å². The highest BCUT2D eigenvalue weighted by atomic mass is 15.3. The molecule has 0 unspecified atom stereocenters. The Balaban J connectivity index is 1.53. The van der Waals surface area contributed by atoms with Crippen molar-refractivity contribution in [1.82, 2.24) is 19.8 Å². The van der Waals surface area contributed by atoms with Gasteiger partial charge in [-0.3, -0.25) is 4.99 Å². The molecule has 1 aromatic carbocycles. The molecular weight excluding hydrogens is 310 g/mol. The maximum absolute atomic E-state index is 4.53. The van der Waals surface area contributed by atoms with Crippen LogP contribution in [0.1, 0.15) is 31.7 Å². The van der Waals surface area contributed by atoms with Gasteiger partial charge in [0, 0.05) is 52.0 Å². The molecule has 1 saturated heterocycles. The van der Waals surface area contributed by atoms with E-state index in [0.717, 1.165) is 44.4 Å². The van der Waals surface area contributed by atoms with Crippen LogP contribution in [0.2, 0.25) is 0 Å². The number of hydrogen-bond donors (Lipinski definition) is 1. The van der Waals surface area contributed by atoms with Crippen molar-refractivity contribution in [3.8, 4) is 0 Å². The number of aliphatic imine (C=N–C) groups is 1. The lowest BCUT2D eigenvalue weighted by Gasteiger charge is -2.23. The maximum atomic E-state index is 4.53. The van der Waals surface area contributed by atoms with Crippen LogP contribution in [0.4, 0.5) is 0 Å². The van der Waals surface area contributed by atoms with Gasteiger partial charge in [0.05, 0.1) is 0 Å². The third-order valence-corrected chi connectivity index (χ3v) is 4.82. The van der Waals surface area contributed by atoms with Gasteiger partial charge in [0.15, 0.2) is 5.96 Å². The molecule has 0 amide bonds. The van der Waals surface area contributed by atoms with Crippen molar-refractivity contribution in [2.24, 2.45) is 10.4 Å². The van der Waals surface area contributed by atoms with Crippen molar-refractivity contribution in [2.75, 3.05) is 26.7 Å². The normalized spacial score (nSPS) is 17.1. The molecule has 1 N–H and O–H groups in total. The Hall–Kier alpha value is -2.30. The summed E-state index contributed by atoms with van der Waals surface area (Å²) in [6.45, 7) is 8.49. The van der Waals surface area contributed by atoms with E-state index in [1.54, 1.807) is 0 Å². The zero-order valence-corrected chi connectivity index (χ0v) is 15.6. The topological polar surface area (TPSA) is 45.5 Å². The molecule has 1 aliphatic heterocycles. The van der Waals surface area contributed by atoms with E-state index in [9.17, 15) is 0 Å². The first-order valence-electron chi connectivity index (χ1n) is 9.07. The van der Waals surface area contributed by atoms with Crippen molar-refractivity contribution < 1.29 is 0 Å². The van der Waals surface area contributed by atoms with E-state index in [1.165, 1.54) is 12.0 Å². The standard InChI is InChI=1S/C20H29N5/c1-20(2)10-13-25(16-20)19(21-3)23-11-9-18-22-12-14-24(18)15-17-7-5-4-6-8-17/h4-8,12,14H,9-11,13,15-16H2,1-3H3,(H,21,23). The SMILES string of the molecule is CN=C(NCCc1nccn1Cc1ccccc1)N1CCC(C)(C)C1. The molecule has 25 heavy (non-hydrogen) atoms. The number of guanidine groups is 1. The number of likely N-dealkylation sites (tertiary alicyclic amines) is 1. The van der Waals surface area contributed by atoms with Crippen molar-refractivity contribution in [1.29, 1.82) is 0 Å². The van der Waals surface area contributed by atoms with E-state index in [-0.39, 0.29) is 0 Å². The highest BCUT2D eigenvalue weighted by molar-refractivity contribution is 5.80. The Bertz CT molecular complexity index is 702. The van der Waals surface area contributed by atoms with Gasteiger partial charge in [-0.25, -0.2) is 4.98 Å². The predicted octanol–water partition coefficient (Wildman–Crippen LogP) is 2.78. The van der Waals surface area contributed by atoms with Gasteiger partial charge < -0.3 is 14.8 Å². The van der Waals surface area contributed by atoms with E-state index < -0.39 is 0 Å². The number of imidazole rings is 1. The van der Waals surface area contributed by atoms with Crippen LogP contribution in [0.3, 0.4) is 0 Å². The summed E-state index contributed by atoms with van der Waals surface area (Å²) >= 11 is 0. The number of rotatable bonds is 5. The zero-order valence-electron chi connectivity index (χ0n) is 15.6. The quantitative estimate of drug-likeness (QED) is 0.673. The molecule has 2 aromatic rings. The molecule has 1 aliphatic rings. The number of hydrogen-bond acceptors (Lipinski definition) is 2. The fourth-order valence-electron chi connectivity index (χ4n) is 3.40. The second-order valence-electron chi connectivity index (χ2n) is 7.52. The Morgan fingerprint density at radius 3 is 2.76 bits per heavy atom. The summed E-state index contributed by atoms with van der Waals surface area (Å²) in [5, 5.41) is 3.50. The maximum Gasteiger partial charge on any atom is 0.193 e. The van der Waals surface area contributed by atoms with Crippen LogP contribution in [0, 0.1) is 5.41 Å². The lowest BCUT2D eigenvalue weighted by molar-refractivity contribution is 0.370. The molecular formula is C20H29N5. The minimum absolute atomic E-state index is 0.379. The first-order valence-corrected chi connectivity index (χ1v) is 9.07. The molecule has 0 saturated carbocycles. The molecule has 0 aliphatic carbocycles. The first-order chi connectivity index (χ1) is 12.1. The van der Waals surface area contributed by atoms with E-state index in [0.29, 0.717) is 5.41 Å². The summed E-state index contributed by atoms with van der Waals surface area (Å²) in [5.74, 6) is 2.11. The molecule has 0 radical (unpaired) electrons. The van der Waals surface area contributed by atoms with Gasteiger partial charge in [-0.2, -0.15) is 0 Å². The highest BCUT2D eigenvalue weighted by Gasteiger charge is 2.30. The Morgan fingerprint density at radius 1 is 1.28 bits per heavy atom. The lowest BCUT2D eigenvalue weighted by Crippen LogP contribution is -2.41. The minimum atomic E-state index is 0.379. The summed E-state index contributed by atoms with van der Waals surface area (Å²) in [6.07, 6.45) is 6.04. The second kappa shape index (κ2) is 7.72. The number of benzene rings is 1. The van der Waals surface area contributed by atoms with E-state index in [1.807, 2.05) is 19.3 Å². The second-order valence-corrected chi connectivity index (χ2v) is 7.52. The van der Waals surface area contributed by atoms with Crippen LogP contribution >= 0.6 is 0 Å². The average Bonchev–Trinajstić information content (AvgIpc) is 3.19. The highest BCUT2D eigenvalue weighted by Crippen LogP contribution is 2.28. The van der Waals surface area contributed by atoms with E-state index >= 15 is 0 Å². The van der Waals surface area contributed by atoms with Crippen molar-refractivity contribution in [3.05, 3.63) is 54.1 Å². The fourth-order valence-corrected chi connectivity index (χ4v) is 3.40.